The van der Waals surface area contributed by atoms with Gasteiger partial charge in [0.05, 0.1) is 42.1 Å². The number of amides is 1. The van der Waals surface area contributed by atoms with Crippen LogP contribution < -0.4 is 5.56 Å². The summed E-state index contributed by atoms with van der Waals surface area (Å²) in [6, 6.07) is 8.61. The molecule has 0 bridgehead atoms. The van der Waals surface area contributed by atoms with Gasteiger partial charge >= 0.3 is 5.97 Å². The van der Waals surface area contributed by atoms with Crippen molar-refractivity contribution >= 4 is 34.5 Å². The van der Waals surface area contributed by atoms with Crippen molar-refractivity contribution < 1.29 is 18.7 Å². The molecule has 184 valence electrons. The average molecular weight is 496 g/mol. The molecule has 2 aromatic heterocycles. The Hall–Kier alpha value is -3.07. The quantitative estimate of drug-likeness (QED) is 0.289. The van der Waals surface area contributed by atoms with E-state index in [1.807, 2.05) is 0 Å². The Balaban J connectivity index is 1.45. The van der Waals surface area contributed by atoms with E-state index in [1.165, 1.54) is 49.1 Å². The molecule has 1 saturated heterocycles. The van der Waals surface area contributed by atoms with Gasteiger partial charge < -0.3 is 14.1 Å². The number of rotatable bonds is 6. The smallest absolute Gasteiger partial charge is 0.337 e. The normalized spacial score (nSPS) is 20.0. The number of aromatic nitrogens is 2. The maximum atomic E-state index is 13.4. The maximum Gasteiger partial charge on any atom is 0.337 e. The first-order chi connectivity index (χ1) is 17.0. The van der Waals surface area contributed by atoms with Crippen LogP contribution in [0.25, 0.3) is 10.9 Å². The molecule has 3 heterocycles. The molecule has 1 aromatic carbocycles. The molecule has 0 unspecified atom stereocenters. The molecule has 1 aliphatic carbocycles. The number of ether oxygens (including phenoxy) is 1. The Kier molecular flexibility index (Phi) is 6.95. The number of hydrogen-bond acceptors (Lipinski definition) is 7. The molecule has 3 aromatic rings. The molecular formula is C26H29N3O5S. The summed E-state index contributed by atoms with van der Waals surface area (Å²) in [6.07, 6.45) is 8.53. The number of fused-ring (bicyclic) bond motifs is 2. The third-order valence-electron chi connectivity index (χ3n) is 7.12. The van der Waals surface area contributed by atoms with Crippen molar-refractivity contribution in [3.05, 3.63) is 58.3 Å². The largest absolute Gasteiger partial charge is 0.467 e. The minimum atomic E-state index is -0.495. The van der Waals surface area contributed by atoms with Gasteiger partial charge in [-0.1, -0.05) is 24.6 Å². The Morgan fingerprint density at radius 1 is 1.17 bits per heavy atom. The van der Waals surface area contributed by atoms with Crippen molar-refractivity contribution in [2.45, 2.75) is 56.3 Å². The van der Waals surface area contributed by atoms with Crippen LogP contribution in [0.15, 0.2) is 51.0 Å². The van der Waals surface area contributed by atoms with Crippen LogP contribution in [0.4, 0.5) is 0 Å². The number of carbonyl (C=O) groups excluding carboxylic acids is 2. The number of piperidine rings is 1. The van der Waals surface area contributed by atoms with E-state index >= 15 is 0 Å². The number of likely N-dealkylation sites (tertiary alicyclic amines) is 1. The zero-order valence-electron chi connectivity index (χ0n) is 19.8. The Morgan fingerprint density at radius 2 is 2.00 bits per heavy atom. The SMILES string of the molecule is COC(=O)c1ccc2c(=O)n(Cc3ccco3)c(SCC(=O)N3CCC[C@@H]4CCCC[C@H]43)nc2c1. The molecule has 1 amide bonds. The van der Waals surface area contributed by atoms with Gasteiger partial charge in [-0.25, -0.2) is 9.78 Å². The lowest BCUT2D eigenvalue weighted by atomic mass is 9.78. The van der Waals surface area contributed by atoms with Crippen molar-refractivity contribution in [1.29, 1.82) is 0 Å². The Morgan fingerprint density at radius 3 is 2.80 bits per heavy atom. The summed E-state index contributed by atoms with van der Waals surface area (Å²) in [5, 5.41) is 0.812. The Labute approximate surface area is 207 Å². The highest BCUT2D eigenvalue weighted by Gasteiger charge is 2.35. The number of esters is 1. The summed E-state index contributed by atoms with van der Waals surface area (Å²) in [4.78, 5) is 45.5. The van der Waals surface area contributed by atoms with Crippen molar-refractivity contribution in [3.8, 4) is 0 Å². The minimum absolute atomic E-state index is 0.0915. The maximum absolute atomic E-state index is 13.4. The van der Waals surface area contributed by atoms with Crippen LogP contribution in [0.1, 0.15) is 54.6 Å². The second-order valence-corrected chi connectivity index (χ2v) is 10.2. The third-order valence-corrected chi connectivity index (χ3v) is 8.08. The number of hydrogen-bond donors (Lipinski definition) is 0. The second-order valence-electron chi connectivity index (χ2n) is 9.22. The number of methoxy groups -OCH3 is 1. The van der Waals surface area contributed by atoms with Crippen LogP contribution in [-0.4, -0.2) is 51.8 Å². The fraction of sp³-hybridized carbons (Fsp3) is 0.462. The lowest BCUT2D eigenvalue weighted by Gasteiger charge is -2.44. The van der Waals surface area contributed by atoms with E-state index in [-0.39, 0.29) is 23.8 Å². The van der Waals surface area contributed by atoms with Crippen LogP contribution in [0.2, 0.25) is 0 Å². The highest BCUT2D eigenvalue weighted by Crippen LogP contribution is 2.35. The van der Waals surface area contributed by atoms with Gasteiger partial charge in [0.1, 0.15) is 5.76 Å². The van der Waals surface area contributed by atoms with Crippen LogP contribution in [0.3, 0.4) is 0 Å². The topological polar surface area (TPSA) is 94.6 Å². The molecule has 0 N–H and O–H groups in total. The van der Waals surface area contributed by atoms with Gasteiger partial charge in [0, 0.05) is 12.6 Å². The second kappa shape index (κ2) is 10.3. The first-order valence-corrected chi connectivity index (χ1v) is 13.1. The number of carbonyl (C=O) groups is 2. The molecule has 9 heteroatoms. The molecular weight excluding hydrogens is 466 g/mol. The van der Waals surface area contributed by atoms with E-state index in [9.17, 15) is 14.4 Å². The molecule has 0 radical (unpaired) electrons. The molecule has 0 spiro atoms. The Bertz CT molecular complexity index is 1280. The molecule has 2 atom stereocenters. The summed E-state index contributed by atoms with van der Waals surface area (Å²) in [7, 11) is 1.31. The van der Waals surface area contributed by atoms with Crippen molar-refractivity contribution in [2.75, 3.05) is 19.4 Å². The molecule has 1 aliphatic heterocycles. The van der Waals surface area contributed by atoms with Gasteiger partial charge in [-0.3, -0.25) is 14.2 Å². The van der Waals surface area contributed by atoms with E-state index in [1.54, 1.807) is 36.6 Å². The van der Waals surface area contributed by atoms with Crippen LogP contribution >= 0.6 is 11.8 Å². The predicted molar refractivity (Wildman–Crippen MR) is 133 cm³/mol. The average Bonchev–Trinajstić information content (AvgIpc) is 3.41. The van der Waals surface area contributed by atoms with Crippen LogP contribution in [0, 0.1) is 5.92 Å². The predicted octanol–water partition coefficient (Wildman–Crippen LogP) is 4.10. The summed E-state index contributed by atoms with van der Waals surface area (Å²) < 4.78 is 11.8. The summed E-state index contributed by atoms with van der Waals surface area (Å²) >= 11 is 1.26. The van der Waals surface area contributed by atoms with Crippen LogP contribution in [-0.2, 0) is 16.1 Å². The molecule has 35 heavy (non-hydrogen) atoms. The third kappa shape index (κ3) is 4.87. The fourth-order valence-electron chi connectivity index (χ4n) is 5.40. The van der Waals surface area contributed by atoms with Crippen molar-refractivity contribution in [2.24, 2.45) is 5.92 Å². The first-order valence-electron chi connectivity index (χ1n) is 12.1. The van der Waals surface area contributed by atoms with E-state index in [2.05, 4.69) is 4.90 Å². The minimum Gasteiger partial charge on any atom is -0.467 e. The van der Waals surface area contributed by atoms with Gasteiger partial charge in [0.15, 0.2) is 5.16 Å². The van der Waals surface area contributed by atoms with Crippen molar-refractivity contribution in [1.82, 2.24) is 14.5 Å². The van der Waals surface area contributed by atoms with Gasteiger partial charge in [-0.2, -0.15) is 0 Å². The summed E-state index contributed by atoms with van der Waals surface area (Å²) in [5.41, 5.74) is 0.469. The first kappa shape index (κ1) is 23.7. The number of nitrogens with zero attached hydrogens (tertiary/aromatic N) is 3. The van der Waals surface area contributed by atoms with E-state index in [0.29, 0.717) is 39.3 Å². The van der Waals surface area contributed by atoms with E-state index < -0.39 is 5.97 Å². The van der Waals surface area contributed by atoms with Gasteiger partial charge in [-0.05, 0) is 61.9 Å². The number of furan rings is 1. The van der Waals surface area contributed by atoms with Gasteiger partial charge in [0.25, 0.3) is 5.56 Å². The molecule has 2 aliphatic rings. The fourth-order valence-corrected chi connectivity index (χ4v) is 6.28. The lowest BCUT2D eigenvalue weighted by molar-refractivity contribution is -0.134. The summed E-state index contributed by atoms with van der Waals surface area (Å²) in [5.74, 6) is 1.03. The van der Waals surface area contributed by atoms with Gasteiger partial charge in [-0.15, -0.1) is 0 Å². The van der Waals surface area contributed by atoms with Crippen molar-refractivity contribution in [3.63, 3.8) is 0 Å². The number of thioether (sulfide) groups is 1. The number of benzene rings is 1. The molecule has 1 saturated carbocycles. The summed E-state index contributed by atoms with van der Waals surface area (Å²) in [6.45, 7) is 1.01. The van der Waals surface area contributed by atoms with Crippen LogP contribution in [0.5, 0.6) is 0 Å². The zero-order valence-corrected chi connectivity index (χ0v) is 20.6. The standard InChI is InChI=1S/C26H29N3O5S/c1-33-25(32)18-10-11-20-21(14-18)27-26(29(24(20)31)15-19-8-5-13-34-19)35-16-23(30)28-12-4-7-17-6-2-3-9-22(17)28/h5,8,10-11,13-14,17,22H,2-4,6-7,9,12,15-16H2,1H3/t17-,22+/m0/s1. The van der Waals surface area contributed by atoms with E-state index in [0.717, 1.165) is 19.4 Å². The lowest BCUT2D eigenvalue weighted by Crippen LogP contribution is -2.50. The zero-order chi connectivity index (χ0) is 24.4. The molecule has 5 rings (SSSR count). The molecule has 8 nitrogen and oxygen atoms in total. The highest BCUT2D eigenvalue weighted by atomic mass is 32.2. The van der Waals surface area contributed by atoms with Gasteiger partial charge in [0.2, 0.25) is 5.91 Å². The highest BCUT2D eigenvalue weighted by molar-refractivity contribution is 7.99. The van der Waals surface area contributed by atoms with E-state index in [4.69, 9.17) is 14.1 Å². The molecule has 2 fully saturated rings. The monoisotopic (exact) mass is 495 g/mol.